The zero-order valence-electron chi connectivity index (χ0n) is 8.91. The molecule has 0 fully saturated rings. The molecule has 17 heavy (non-hydrogen) atoms. The van der Waals surface area contributed by atoms with E-state index in [4.69, 9.17) is 16.9 Å². The summed E-state index contributed by atoms with van der Waals surface area (Å²) in [6.07, 6.45) is 0.367. The van der Waals surface area contributed by atoms with E-state index in [2.05, 4.69) is 0 Å². The number of nitrogens with zero attached hydrogens (tertiary/aromatic N) is 2. The van der Waals surface area contributed by atoms with Crippen molar-refractivity contribution in [2.45, 2.75) is 13.3 Å². The second-order valence-electron chi connectivity index (χ2n) is 3.18. The third-order valence-electron chi connectivity index (χ3n) is 2.15. The van der Waals surface area contributed by atoms with Gasteiger partial charge < -0.3 is 0 Å². The molecule has 0 amide bonds. The van der Waals surface area contributed by atoms with Gasteiger partial charge in [0, 0.05) is 17.2 Å². The van der Waals surface area contributed by atoms with Crippen molar-refractivity contribution in [3.63, 3.8) is 0 Å². The molecule has 0 aliphatic heterocycles. The van der Waals surface area contributed by atoms with Crippen LogP contribution in [0, 0.1) is 27.3 Å². The fourth-order valence-electron chi connectivity index (χ4n) is 1.24. The van der Waals surface area contributed by atoms with E-state index in [9.17, 15) is 14.5 Å². The van der Waals surface area contributed by atoms with Gasteiger partial charge in [0.05, 0.1) is 22.1 Å². The van der Waals surface area contributed by atoms with E-state index in [0.29, 0.717) is 6.42 Å². The van der Waals surface area contributed by atoms with Crippen molar-refractivity contribution >= 4 is 22.3 Å². The summed E-state index contributed by atoms with van der Waals surface area (Å²) in [7, 11) is 0. The first-order chi connectivity index (χ1) is 8.01. The molecule has 6 heteroatoms. The number of nitro benzene ring substituents is 1. The smallest absolute Gasteiger partial charge is 0.258 e. The van der Waals surface area contributed by atoms with Crippen molar-refractivity contribution in [2.75, 3.05) is 0 Å². The molecule has 0 atom stereocenters. The Labute approximate surface area is 102 Å². The van der Waals surface area contributed by atoms with Crippen molar-refractivity contribution in [3.8, 4) is 6.07 Å². The molecule has 0 spiro atoms. The van der Waals surface area contributed by atoms with Crippen molar-refractivity contribution in [2.24, 2.45) is 0 Å². The first kappa shape index (κ1) is 13.1. The maximum Gasteiger partial charge on any atom is 0.272 e. The van der Waals surface area contributed by atoms with Gasteiger partial charge in [0.25, 0.3) is 5.69 Å². The number of allylic oxidation sites excluding steroid dienone is 1. The normalized spacial score (nSPS) is 11.6. The van der Waals surface area contributed by atoms with Crippen LogP contribution in [0.15, 0.2) is 23.8 Å². The molecule has 1 rings (SSSR count). The van der Waals surface area contributed by atoms with Gasteiger partial charge in [-0.2, -0.15) is 5.26 Å². The largest absolute Gasteiger partial charge is 0.272 e. The summed E-state index contributed by atoms with van der Waals surface area (Å²) in [6.45, 7) is 1.71. The molecule has 0 aromatic heterocycles. The van der Waals surface area contributed by atoms with Crippen LogP contribution in [0.5, 0.6) is 0 Å². The Balaban J connectivity index is 3.31. The second-order valence-corrected chi connectivity index (χ2v) is 3.56. The SMILES string of the molecule is CCC(C#N)=C(Cl)c1ccc([N+](=O)[O-])cc1F. The van der Waals surface area contributed by atoms with Crippen LogP contribution in [0.1, 0.15) is 18.9 Å². The highest BCUT2D eigenvalue weighted by atomic mass is 35.5. The molecule has 0 aliphatic carbocycles. The Morgan fingerprint density at radius 2 is 2.29 bits per heavy atom. The van der Waals surface area contributed by atoms with Gasteiger partial charge in [-0.3, -0.25) is 10.1 Å². The van der Waals surface area contributed by atoms with E-state index >= 15 is 0 Å². The lowest BCUT2D eigenvalue weighted by Gasteiger charge is -2.03. The topological polar surface area (TPSA) is 66.9 Å². The maximum absolute atomic E-state index is 13.6. The summed E-state index contributed by atoms with van der Waals surface area (Å²) < 4.78 is 13.6. The minimum absolute atomic E-state index is 0.00401. The van der Waals surface area contributed by atoms with Gasteiger partial charge in [-0.05, 0) is 12.5 Å². The number of nitriles is 1. The monoisotopic (exact) mass is 254 g/mol. The summed E-state index contributed by atoms with van der Waals surface area (Å²) in [6, 6.07) is 4.98. The van der Waals surface area contributed by atoms with E-state index in [1.807, 2.05) is 6.07 Å². The lowest BCUT2D eigenvalue weighted by molar-refractivity contribution is -0.385. The zero-order chi connectivity index (χ0) is 13.0. The average Bonchev–Trinajstić information content (AvgIpc) is 2.30. The number of halogens is 2. The third kappa shape index (κ3) is 2.80. The number of benzene rings is 1. The van der Waals surface area contributed by atoms with Gasteiger partial charge in [-0.1, -0.05) is 18.5 Å². The fourth-order valence-corrected chi connectivity index (χ4v) is 1.57. The Hall–Kier alpha value is -1.93. The van der Waals surface area contributed by atoms with Crippen LogP contribution in [-0.4, -0.2) is 4.92 Å². The molecular weight excluding hydrogens is 247 g/mol. The number of hydrogen-bond donors (Lipinski definition) is 0. The van der Waals surface area contributed by atoms with Crippen LogP contribution in [0.2, 0.25) is 0 Å². The van der Waals surface area contributed by atoms with Crippen LogP contribution in [-0.2, 0) is 0 Å². The molecule has 1 aromatic rings. The summed E-state index contributed by atoms with van der Waals surface area (Å²) >= 11 is 5.86. The first-order valence-electron chi connectivity index (χ1n) is 4.74. The molecule has 1 aromatic carbocycles. The minimum atomic E-state index is -0.814. The van der Waals surface area contributed by atoms with Crippen LogP contribution in [0.3, 0.4) is 0 Å². The Bertz CT molecular complexity index is 535. The molecule has 0 unspecified atom stereocenters. The summed E-state index contributed by atoms with van der Waals surface area (Å²) in [4.78, 5) is 9.72. The van der Waals surface area contributed by atoms with Gasteiger partial charge >= 0.3 is 0 Å². The Morgan fingerprint density at radius 3 is 2.71 bits per heavy atom. The standard InChI is InChI=1S/C11H8ClFN2O2/c1-2-7(6-14)11(12)9-4-3-8(15(16)17)5-10(9)13/h3-5H,2H2,1H3. The Morgan fingerprint density at radius 1 is 1.65 bits per heavy atom. The zero-order valence-corrected chi connectivity index (χ0v) is 9.66. The van der Waals surface area contributed by atoms with Gasteiger partial charge in [-0.25, -0.2) is 4.39 Å². The molecule has 0 saturated carbocycles. The van der Waals surface area contributed by atoms with Crippen LogP contribution in [0.25, 0.3) is 5.03 Å². The average molecular weight is 255 g/mol. The molecule has 0 aliphatic rings. The van der Waals surface area contributed by atoms with E-state index < -0.39 is 10.7 Å². The van der Waals surface area contributed by atoms with Gasteiger partial charge in [0.1, 0.15) is 5.82 Å². The Kier molecular flexibility index (Phi) is 4.18. The number of hydrogen-bond acceptors (Lipinski definition) is 3. The molecule has 0 saturated heterocycles. The van der Waals surface area contributed by atoms with E-state index in [-0.39, 0.29) is 21.9 Å². The first-order valence-corrected chi connectivity index (χ1v) is 5.12. The second kappa shape index (κ2) is 5.41. The predicted molar refractivity (Wildman–Crippen MR) is 61.7 cm³/mol. The molecule has 0 N–H and O–H groups in total. The van der Waals surface area contributed by atoms with Crippen molar-refractivity contribution in [3.05, 3.63) is 45.3 Å². The summed E-state index contributed by atoms with van der Waals surface area (Å²) in [5.74, 6) is -0.814. The quantitative estimate of drug-likeness (QED) is 0.470. The van der Waals surface area contributed by atoms with Crippen molar-refractivity contribution in [1.82, 2.24) is 0 Å². The predicted octanol–water partition coefficient (Wildman–Crippen LogP) is 3.62. The molecular formula is C11H8ClFN2O2. The lowest BCUT2D eigenvalue weighted by atomic mass is 10.1. The molecule has 0 heterocycles. The van der Waals surface area contributed by atoms with E-state index in [0.717, 1.165) is 12.1 Å². The summed E-state index contributed by atoms with van der Waals surface area (Å²) in [5.41, 5.74) is -0.124. The lowest BCUT2D eigenvalue weighted by Crippen LogP contribution is -1.93. The molecule has 0 bridgehead atoms. The summed E-state index contributed by atoms with van der Waals surface area (Å²) in [5, 5.41) is 19.2. The highest BCUT2D eigenvalue weighted by Crippen LogP contribution is 2.28. The van der Waals surface area contributed by atoms with Crippen molar-refractivity contribution in [1.29, 1.82) is 5.26 Å². The number of rotatable bonds is 3. The van der Waals surface area contributed by atoms with Crippen molar-refractivity contribution < 1.29 is 9.31 Å². The number of nitro groups is 1. The number of non-ortho nitro benzene ring substituents is 1. The van der Waals surface area contributed by atoms with Gasteiger partial charge in [-0.15, -0.1) is 0 Å². The van der Waals surface area contributed by atoms with Crippen LogP contribution >= 0.6 is 11.6 Å². The third-order valence-corrected chi connectivity index (χ3v) is 2.59. The van der Waals surface area contributed by atoms with Gasteiger partial charge in [0.15, 0.2) is 0 Å². The van der Waals surface area contributed by atoms with E-state index in [1.54, 1.807) is 6.92 Å². The highest BCUT2D eigenvalue weighted by molar-refractivity contribution is 6.49. The van der Waals surface area contributed by atoms with Crippen LogP contribution < -0.4 is 0 Å². The highest BCUT2D eigenvalue weighted by Gasteiger charge is 2.14. The minimum Gasteiger partial charge on any atom is -0.258 e. The molecule has 0 radical (unpaired) electrons. The van der Waals surface area contributed by atoms with Gasteiger partial charge in [0.2, 0.25) is 0 Å². The van der Waals surface area contributed by atoms with E-state index in [1.165, 1.54) is 6.07 Å². The van der Waals surface area contributed by atoms with Crippen LogP contribution in [0.4, 0.5) is 10.1 Å². The molecule has 4 nitrogen and oxygen atoms in total. The molecule has 88 valence electrons. The maximum atomic E-state index is 13.6. The fraction of sp³-hybridized carbons (Fsp3) is 0.182.